The molecular weight excluding hydrogens is 746 g/mol. The molecule has 2 fully saturated rings. The van der Waals surface area contributed by atoms with Gasteiger partial charge < -0.3 is 38.8 Å². The number of carbonyl (C=O) groups is 5. The van der Waals surface area contributed by atoms with Gasteiger partial charge in [-0.2, -0.15) is 0 Å². The van der Waals surface area contributed by atoms with Gasteiger partial charge >= 0.3 is 23.9 Å². The normalized spacial score (nSPS) is 22.6. The Morgan fingerprint density at radius 2 is 1.55 bits per heavy atom. The first kappa shape index (κ1) is 42.0. The third kappa shape index (κ3) is 9.72. The van der Waals surface area contributed by atoms with E-state index in [9.17, 15) is 29.1 Å². The number of aliphatic hydroxyl groups excluding tert-OH is 1. The Morgan fingerprint density at radius 3 is 2.16 bits per heavy atom. The highest BCUT2D eigenvalue weighted by Gasteiger charge is 2.55. The lowest BCUT2D eigenvalue weighted by Crippen LogP contribution is -2.45. The summed E-state index contributed by atoms with van der Waals surface area (Å²) in [6.45, 7) is 8.46. The molecule has 0 unspecified atom stereocenters. The van der Waals surface area contributed by atoms with E-state index in [2.05, 4.69) is 5.32 Å². The first-order valence-corrected chi connectivity index (χ1v) is 19.2. The Labute approximate surface area is 337 Å². The summed E-state index contributed by atoms with van der Waals surface area (Å²) in [6.07, 6.45) is 0.292. The third-order valence-electron chi connectivity index (χ3n) is 9.94. The highest BCUT2D eigenvalue weighted by molar-refractivity contribution is 5.97. The predicted octanol–water partition coefficient (Wildman–Crippen LogP) is 5.33. The van der Waals surface area contributed by atoms with Gasteiger partial charge in [-0.25, -0.2) is 14.4 Å². The molecule has 2 heterocycles. The van der Waals surface area contributed by atoms with Gasteiger partial charge in [-0.1, -0.05) is 92.7 Å². The molecule has 306 valence electrons. The lowest BCUT2D eigenvalue weighted by atomic mass is 9.90. The number of rotatable bonds is 13. The molecule has 58 heavy (non-hydrogen) atoms. The quantitative estimate of drug-likeness (QED) is 0.130. The Hall–Kier alpha value is -5.63. The van der Waals surface area contributed by atoms with Gasteiger partial charge in [0.25, 0.3) is 0 Å². The molecule has 1 amide bonds. The average molecular weight is 796 g/mol. The van der Waals surface area contributed by atoms with Crippen molar-refractivity contribution in [3.05, 3.63) is 125 Å². The first-order chi connectivity index (χ1) is 27.6. The standard InChI is InChI=1S/C45H49NO12/c1-43(2,3)57-37(49)23-21-32(26-47)46-40(50)29-24-34(38-35(25-29)56-45(58-38,30-15-8-6-9-16-30)31-17-10-7-11-18-31)54-41(51)33-19-13-12-14-28(33)20-22-36(48)55-39-42(52)53-27-44(39,4)5/h6-20,22,25,32,34-35,38-39,47H,21,23-24,26-27H2,1-5H3,(H,46,50)/t32-,34+,35+,38-,39-/m0/s1. The van der Waals surface area contributed by atoms with Crippen molar-refractivity contribution in [1.82, 2.24) is 5.32 Å². The van der Waals surface area contributed by atoms with E-state index in [0.29, 0.717) is 16.7 Å². The zero-order valence-electron chi connectivity index (χ0n) is 33.2. The van der Waals surface area contributed by atoms with Crippen molar-refractivity contribution in [3.8, 4) is 0 Å². The maximum absolute atomic E-state index is 14.1. The number of nitrogens with one attached hydrogen (secondary N) is 1. The molecule has 0 radical (unpaired) electrons. The fourth-order valence-electron chi connectivity index (χ4n) is 7.04. The molecule has 3 aliphatic rings. The molecule has 1 aliphatic carbocycles. The number of hydrogen-bond donors (Lipinski definition) is 2. The minimum atomic E-state index is -1.44. The first-order valence-electron chi connectivity index (χ1n) is 19.2. The van der Waals surface area contributed by atoms with E-state index in [4.69, 9.17) is 28.4 Å². The summed E-state index contributed by atoms with van der Waals surface area (Å²) < 4.78 is 35.7. The second kappa shape index (κ2) is 17.5. The van der Waals surface area contributed by atoms with Gasteiger partial charge in [0.1, 0.15) is 30.5 Å². The summed E-state index contributed by atoms with van der Waals surface area (Å²) in [5.41, 5.74) is 0.644. The SMILES string of the molecule is CC(C)(C)OC(=O)CC[C@@H](CO)NC(=O)C1=C[C@H]2OC(c3ccccc3)(c3ccccc3)O[C@H]2[C@H](OC(=O)c2ccccc2C=CC(=O)O[C@H]2C(=O)OCC2(C)C)C1. The molecule has 13 nitrogen and oxygen atoms in total. The summed E-state index contributed by atoms with van der Waals surface area (Å²) >= 11 is 0. The molecule has 0 bridgehead atoms. The van der Waals surface area contributed by atoms with Crippen LogP contribution in [0, 0.1) is 5.41 Å². The number of benzene rings is 3. The summed E-state index contributed by atoms with van der Waals surface area (Å²) in [6, 6.07) is 24.3. The van der Waals surface area contributed by atoms with Crippen molar-refractivity contribution in [2.24, 2.45) is 5.41 Å². The summed E-state index contributed by atoms with van der Waals surface area (Å²) in [4.78, 5) is 65.4. The van der Waals surface area contributed by atoms with Crippen LogP contribution in [0.5, 0.6) is 0 Å². The van der Waals surface area contributed by atoms with Crippen molar-refractivity contribution in [1.29, 1.82) is 0 Å². The fourth-order valence-corrected chi connectivity index (χ4v) is 7.04. The Morgan fingerprint density at radius 1 is 0.914 bits per heavy atom. The molecule has 0 aromatic heterocycles. The molecule has 0 spiro atoms. The van der Waals surface area contributed by atoms with E-state index < -0.39 is 83.7 Å². The van der Waals surface area contributed by atoms with Crippen LogP contribution in [0.3, 0.4) is 0 Å². The fraction of sp³-hybridized carbons (Fsp3) is 0.400. The van der Waals surface area contributed by atoms with Gasteiger partial charge in [0.15, 0.2) is 0 Å². The third-order valence-corrected chi connectivity index (χ3v) is 9.94. The average Bonchev–Trinajstić information content (AvgIpc) is 3.72. The minimum absolute atomic E-state index is 0.0307. The van der Waals surface area contributed by atoms with Gasteiger partial charge in [0.2, 0.25) is 17.8 Å². The number of esters is 4. The van der Waals surface area contributed by atoms with Crippen LogP contribution >= 0.6 is 0 Å². The van der Waals surface area contributed by atoms with Crippen LogP contribution < -0.4 is 5.32 Å². The largest absolute Gasteiger partial charge is 0.462 e. The minimum Gasteiger partial charge on any atom is -0.462 e. The van der Waals surface area contributed by atoms with Crippen LogP contribution in [0.25, 0.3) is 6.08 Å². The van der Waals surface area contributed by atoms with Crippen LogP contribution in [0.4, 0.5) is 0 Å². The maximum Gasteiger partial charge on any atom is 0.348 e. The van der Waals surface area contributed by atoms with E-state index in [1.165, 1.54) is 12.1 Å². The monoisotopic (exact) mass is 795 g/mol. The molecule has 3 aromatic carbocycles. The van der Waals surface area contributed by atoms with Crippen LogP contribution in [0.15, 0.2) is 103 Å². The Balaban J connectivity index is 1.26. The number of carbonyl (C=O) groups excluding carboxylic acids is 5. The van der Waals surface area contributed by atoms with Crippen LogP contribution in [-0.4, -0.2) is 84.2 Å². The van der Waals surface area contributed by atoms with E-state index in [1.54, 1.807) is 58.9 Å². The number of hydrogen-bond acceptors (Lipinski definition) is 12. The van der Waals surface area contributed by atoms with Gasteiger partial charge in [-0.3, -0.25) is 9.59 Å². The zero-order chi connectivity index (χ0) is 41.7. The maximum atomic E-state index is 14.1. The van der Waals surface area contributed by atoms with E-state index in [-0.39, 0.29) is 37.0 Å². The molecule has 2 aliphatic heterocycles. The van der Waals surface area contributed by atoms with Crippen LogP contribution in [0.1, 0.15) is 80.9 Å². The molecule has 5 atom stereocenters. The molecule has 13 heteroatoms. The van der Waals surface area contributed by atoms with Crippen molar-refractivity contribution >= 4 is 35.9 Å². The number of ether oxygens (including phenoxy) is 6. The second-order valence-electron chi connectivity index (χ2n) is 16.2. The summed E-state index contributed by atoms with van der Waals surface area (Å²) in [7, 11) is 0. The van der Waals surface area contributed by atoms with Crippen molar-refractivity contribution in [2.45, 2.75) is 95.7 Å². The number of aliphatic hydroxyl groups is 1. The Kier molecular flexibility index (Phi) is 12.6. The van der Waals surface area contributed by atoms with Crippen LogP contribution in [0.2, 0.25) is 0 Å². The molecular formula is C45H49NO12. The van der Waals surface area contributed by atoms with E-state index in [1.807, 2.05) is 60.7 Å². The zero-order valence-corrected chi connectivity index (χ0v) is 33.2. The van der Waals surface area contributed by atoms with Gasteiger partial charge in [0, 0.05) is 41.0 Å². The predicted molar refractivity (Wildman–Crippen MR) is 210 cm³/mol. The van der Waals surface area contributed by atoms with Crippen molar-refractivity contribution < 1.29 is 57.5 Å². The van der Waals surface area contributed by atoms with Gasteiger partial charge in [-0.05, 0) is 51.0 Å². The second-order valence-corrected chi connectivity index (χ2v) is 16.2. The van der Waals surface area contributed by atoms with Crippen molar-refractivity contribution in [2.75, 3.05) is 13.2 Å². The lowest BCUT2D eigenvalue weighted by molar-refractivity contribution is -0.159. The molecule has 6 rings (SSSR count). The lowest BCUT2D eigenvalue weighted by Gasteiger charge is -2.31. The number of fused-ring (bicyclic) bond motifs is 1. The molecule has 2 N–H and O–H groups in total. The Bertz CT molecular complexity index is 2010. The van der Waals surface area contributed by atoms with E-state index >= 15 is 0 Å². The van der Waals surface area contributed by atoms with E-state index in [0.717, 1.165) is 6.08 Å². The summed E-state index contributed by atoms with van der Waals surface area (Å²) in [5, 5.41) is 13.0. The molecule has 2 saturated heterocycles. The molecule has 0 saturated carbocycles. The highest BCUT2D eigenvalue weighted by atomic mass is 16.8. The number of amides is 1. The highest BCUT2D eigenvalue weighted by Crippen LogP contribution is 2.47. The number of cyclic esters (lactones) is 1. The van der Waals surface area contributed by atoms with Crippen LogP contribution in [-0.2, 0) is 53.4 Å². The van der Waals surface area contributed by atoms with Gasteiger partial charge in [-0.15, -0.1) is 0 Å². The molecule has 3 aromatic rings. The van der Waals surface area contributed by atoms with Gasteiger partial charge in [0.05, 0.1) is 18.2 Å². The van der Waals surface area contributed by atoms with Crippen molar-refractivity contribution in [3.63, 3.8) is 0 Å². The smallest absolute Gasteiger partial charge is 0.348 e. The topological polar surface area (TPSA) is 173 Å². The summed E-state index contributed by atoms with van der Waals surface area (Å²) in [5.74, 6) is -4.62.